The molecule has 4 nitrogen and oxygen atoms in total. The summed E-state index contributed by atoms with van der Waals surface area (Å²) in [6.07, 6.45) is 3.25. The van der Waals surface area contributed by atoms with E-state index in [0.717, 1.165) is 13.1 Å². The van der Waals surface area contributed by atoms with Crippen molar-refractivity contribution in [2.24, 2.45) is 0 Å². The third-order valence-electron chi connectivity index (χ3n) is 1.33. The first-order chi connectivity index (χ1) is 5.89. The fourth-order valence-corrected chi connectivity index (χ4v) is 0.782. The van der Waals surface area contributed by atoms with Crippen molar-refractivity contribution in [3.05, 3.63) is 24.7 Å². The first-order valence-corrected chi connectivity index (χ1v) is 3.84. The van der Waals surface area contributed by atoms with Crippen molar-refractivity contribution < 1.29 is 9.21 Å². The third kappa shape index (κ3) is 3.78. The number of carbonyl (C=O) groups is 1. The molecule has 1 saturated heterocycles. The van der Waals surface area contributed by atoms with Crippen molar-refractivity contribution in [3.8, 4) is 0 Å². The van der Waals surface area contributed by atoms with Gasteiger partial charge < -0.3 is 15.1 Å². The molecule has 2 N–H and O–H groups in total. The van der Waals surface area contributed by atoms with Crippen LogP contribution in [-0.2, 0) is 4.79 Å². The molecule has 4 heteroatoms. The van der Waals surface area contributed by atoms with E-state index < -0.39 is 0 Å². The minimum absolute atomic E-state index is 0.103. The van der Waals surface area contributed by atoms with Gasteiger partial charge in [-0.3, -0.25) is 4.79 Å². The third-order valence-corrected chi connectivity index (χ3v) is 1.33. The lowest BCUT2D eigenvalue weighted by Gasteiger charge is -2.11. The van der Waals surface area contributed by atoms with Gasteiger partial charge >= 0.3 is 0 Å². The summed E-state index contributed by atoms with van der Waals surface area (Å²) in [4.78, 5) is 10.3. The highest BCUT2D eigenvalue weighted by molar-refractivity contribution is 5.78. The summed E-state index contributed by atoms with van der Waals surface area (Å²) in [6, 6.07) is 3.67. The number of hydrogen-bond acceptors (Lipinski definition) is 3. The minimum atomic E-state index is 0.103. The molecule has 66 valence electrons. The zero-order valence-electron chi connectivity index (χ0n) is 6.75. The fourth-order valence-electron chi connectivity index (χ4n) is 0.782. The van der Waals surface area contributed by atoms with Crippen molar-refractivity contribution in [3.63, 3.8) is 0 Å². The predicted molar refractivity (Wildman–Crippen MR) is 44.6 cm³/mol. The van der Waals surface area contributed by atoms with Gasteiger partial charge in [-0.05, 0) is 12.1 Å². The normalized spacial score (nSPS) is 15.8. The summed E-state index contributed by atoms with van der Waals surface area (Å²) in [5.74, 6) is 0.103. The molecule has 1 aliphatic heterocycles. The molecular formula is C8H12N2O2. The van der Waals surface area contributed by atoms with Gasteiger partial charge in [-0.25, -0.2) is 0 Å². The lowest BCUT2D eigenvalue weighted by atomic mass is 10.4. The lowest BCUT2D eigenvalue weighted by molar-refractivity contribution is -0.121. The molecule has 0 aromatic carbocycles. The largest absolute Gasteiger partial charge is 0.473 e. The molecule has 0 saturated carbocycles. The van der Waals surface area contributed by atoms with Crippen LogP contribution in [0.25, 0.3) is 0 Å². The van der Waals surface area contributed by atoms with E-state index in [1.807, 2.05) is 12.1 Å². The maximum atomic E-state index is 10.3. The molecular weight excluding hydrogens is 156 g/mol. The van der Waals surface area contributed by atoms with E-state index in [2.05, 4.69) is 15.1 Å². The molecule has 0 radical (unpaired) electrons. The molecule has 0 aliphatic carbocycles. The van der Waals surface area contributed by atoms with Gasteiger partial charge in [-0.15, -0.1) is 0 Å². The summed E-state index contributed by atoms with van der Waals surface area (Å²) < 4.78 is 4.58. The summed E-state index contributed by atoms with van der Waals surface area (Å²) in [5.41, 5.74) is 0. The highest BCUT2D eigenvalue weighted by Crippen LogP contribution is 1.79. The second kappa shape index (κ2) is 5.37. The maximum absolute atomic E-state index is 10.3. The topological polar surface area (TPSA) is 54.3 Å². The van der Waals surface area contributed by atoms with Gasteiger partial charge in [-0.2, -0.15) is 0 Å². The Kier molecular flexibility index (Phi) is 3.94. The van der Waals surface area contributed by atoms with Gasteiger partial charge in [0.2, 0.25) is 5.91 Å². The Morgan fingerprint density at radius 3 is 2.25 bits per heavy atom. The van der Waals surface area contributed by atoms with E-state index in [4.69, 9.17) is 0 Å². The molecule has 1 amide bonds. The summed E-state index contributed by atoms with van der Waals surface area (Å²) in [7, 11) is 0. The molecule has 0 bridgehead atoms. The second-order valence-corrected chi connectivity index (χ2v) is 2.32. The smallest absolute Gasteiger partial charge is 0.234 e. The number of amides is 1. The molecule has 2 rings (SSSR count). The van der Waals surface area contributed by atoms with E-state index in [0.29, 0.717) is 6.54 Å². The van der Waals surface area contributed by atoms with Crippen LogP contribution in [0.15, 0.2) is 29.1 Å². The zero-order valence-corrected chi connectivity index (χ0v) is 6.75. The molecule has 0 spiro atoms. The molecule has 1 aromatic rings. The Labute approximate surface area is 70.9 Å². The monoisotopic (exact) mass is 168 g/mol. The first-order valence-electron chi connectivity index (χ1n) is 3.84. The van der Waals surface area contributed by atoms with Crippen LogP contribution in [-0.4, -0.2) is 25.5 Å². The van der Waals surface area contributed by atoms with Gasteiger partial charge in [-0.1, -0.05) is 0 Å². The van der Waals surface area contributed by atoms with Gasteiger partial charge in [0.05, 0.1) is 19.1 Å². The minimum Gasteiger partial charge on any atom is -0.473 e. The Morgan fingerprint density at radius 1 is 1.25 bits per heavy atom. The van der Waals surface area contributed by atoms with Crippen LogP contribution < -0.4 is 10.6 Å². The maximum Gasteiger partial charge on any atom is 0.234 e. The van der Waals surface area contributed by atoms with Gasteiger partial charge in [0.25, 0.3) is 0 Å². The average molecular weight is 168 g/mol. The van der Waals surface area contributed by atoms with Crippen molar-refractivity contribution in [1.82, 2.24) is 10.6 Å². The number of furan rings is 1. The number of piperazine rings is 1. The van der Waals surface area contributed by atoms with Gasteiger partial charge in [0.15, 0.2) is 0 Å². The Morgan fingerprint density at radius 2 is 2.00 bits per heavy atom. The first kappa shape index (κ1) is 8.80. The standard InChI is InChI=1S/C4H8N2O.C4H4O/c7-4-3-5-1-2-6-4;1-2-4-5-3-1/h5H,1-3H2,(H,6,7);1-4H. The molecule has 1 aromatic heterocycles. The molecule has 2 heterocycles. The van der Waals surface area contributed by atoms with E-state index >= 15 is 0 Å². The Balaban J connectivity index is 0.000000127. The number of carbonyl (C=O) groups excluding carboxylic acids is 1. The molecule has 1 aliphatic rings. The number of hydrogen-bond donors (Lipinski definition) is 2. The van der Waals surface area contributed by atoms with E-state index in [9.17, 15) is 4.79 Å². The second-order valence-electron chi connectivity index (χ2n) is 2.32. The molecule has 1 fully saturated rings. The van der Waals surface area contributed by atoms with Crippen LogP contribution in [0.3, 0.4) is 0 Å². The highest BCUT2D eigenvalue weighted by Gasteiger charge is 2.02. The quantitative estimate of drug-likeness (QED) is 0.572. The van der Waals surface area contributed by atoms with Gasteiger partial charge in [0.1, 0.15) is 0 Å². The molecule has 0 atom stereocenters. The highest BCUT2D eigenvalue weighted by atomic mass is 16.3. The van der Waals surface area contributed by atoms with Crippen molar-refractivity contribution >= 4 is 5.91 Å². The van der Waals surface area contributed by atoms with E-state index in [-0.39, 0.29) is 5.91 Å². The Bertz CT molecular complexity index is 184. The SMILES string of the molecule is O=C1CNCCN1.c1ccoc1. The van der Waals surface area contributed by atoms with Crippen LogP contribution in [0.5, 0.6) is 0 Å². The molecule has 0 unspecified atom stereocenters. The van der Waals surface area contributed by atoms with Gasteiger partial charge in [0, 0.05) is 13.1 Å². The number of nitrogens with one attached hydrogen (secondary N) is 2. The van der Waals surface area contributed by atoms with Crippen LogP contribution in [0.2, 0.25) is 0 Å². The van der Waals surface area contributed by atoms with Crippen molar-refractivity contribution in [2.75, 3.05) is 19.6 Å². The number of rotatable bonds is 0. The Hall–Kier alpha value is -1.29. The fraction of sp³-hybridized carbons (Fsp3) is 0.375. The predicted octanol–water partition coefficient (Wildman–Crippen LogP) is -0.0146. The van der Waals surface area contributed by atoms with Crippen molar-refractivity contribution in [1.29, 1.82) is 0 Å². The van der Waals surface area contributed by atoms with E-state index in [1.165, 1.54) is 0 Å². The van der Waals surface area contributed by atoms with Crippen LogP contribution in [0.1, 0.15) is 0 Å². The van der Waals surface area contributed by atoms with Crippen LogP contribution in [0, 0.1) is 0 Å². The van der Waals surface area contributed by atoms with Crippen LogP contribution in [0.4, 0.5) is 0 Å². The van der Waals surface area contributed by atoms with Crippen LogP contribution >= 0.6 is 0 Å². The van der Waals surface area contributed by atoms with Crippen molar-refractivity contribution in [2.45, 2.75) is 0 Å². The summed E-state index contributed by atoms with van der Waals surface area (Å²) in [6.45, 7) is 2.17. The summed E-state index contributed by atoms with van der Waals surface area (Å²) >= 11 is 0. The average Bonchev–Trinajstić information content (AvgIpc) is 2.62. The van der Waals surface area contributed by atoms with E-state index in [1.54, 1.807) is 12.5 Å². The molecule has 12 heavy (non-hydrogen) atoms. The zero-order chi connectivity index (χ0) is 8.65. The lowest BCUT2D eigenvalue weighted by Crippen LogP contribution is -2.44. The summed E-state index contributed by atoms with van der Waals surface area (Å²) in [5, 5.41) is 5.60.